The Hall–Kier alpha value is -2.50. The van der Waals surface area contributed by atoms with Gasteiger partial charge in [-0.1, -0.05) is 0 Å². The van der Waals surface area contributed by atoms with Crippen molar-refractivity contribution in [1.82, 2.24) is 9.78 Å². The van der Waals surface area contributed by atoms with Crippen LogP contribution in [0.3, 0.4) is 0 Å². The molecule has 6 heteroatoms. The molecule has 0 saturated carbocycles. The highest BCUT2D eigenvalue weighted by Gasteiger charge is 2.10. The van der Waals surface area contributed by atoms with Gasteiger partial charge < -0.3 is 15.5 Å². The topological polar surface area (TPSA) is 87.4 Å². The fourth-order valence-electron chi connectivity index (χ4n) is 1.61. The SMILES string of the molecule is CC(C)n1cc(NC(=O)c2cc(O)cc(O)c2)cn1. The van der Waals surface area contributed by atoms with Crippen LogP contribution in [0.1, 0.15) is 30.2 Å². The Kier molecular flexibility index (Phi) is 3.41. The maximum Gasteiger partial charge on any atom is 0.256 e. The van der Waals surface area contributed by atoms with Crippen LogP contribution in [0.5, 0.6) is 11.5 Å². The molecule has 1 heterocycles. The van der Waals surface area contributed by atoms with Crippen LogP contribution in [-0.4, -0.2) is 25.9 Å². The molecule has 0 aliphatic rings. The molecule has 0 fully saturated rings. The quantitative estimate of drug-likeness (QED) is 0.789. The van der Waals surface area contributed by atoms with Crippen LogP contribution < -0.4 is 5.32 Å². The first-order valence-corrected chi connectivity index (χ1v) is 5.84. The van der Waals surface area contributed by atoms with Crippen LogP contribution in [0.25, 0.3) is 0 Å². The molecule has 0 atom stereocenters. The lowest BCUT2D eigenvalue weighted by atomic mass is 10.2. The molecule has 1 aromatic carbocycles. The molecular weight excluding hydrogens is 246 g/mol. The van der Waals surface area contributed by atoms with Gasteiger partial charge in [-0.05, 0) is 26.0 Å². The van der Waals surface area contributed by atoms with Crippen molar-refractivity contribution >= 4 is 11.6 Å². The molecule has 2 rings (SSSR count). The number of nitrogens with zero attached hydrogens (tertiary/aromatic N) is 2. The number of carbonyl (C=O) groups excluding carboxylic acids is 1. The smallest absolute Gasteiger partial charge is 0.256 e. The standard InChI is InChI=1S/C13H15N3O3/c1-8(2)16-7-10(6-14-16)15-13(19)9-3-11(17)5-12(18)4-9/h3-8,17-18H,1-2H3,(H,15,19). The van der Waals surface area contributed by atoms with E-state index in [2.05, 4.69) is 10.4 Å². The molecule has 0 spiro atoms. The second-order valence-corrected chi connectivity index (χ2v) is 4.49. The maximum absolute atomic E-state index is 11.9. The highest BCUT2D eigenvalue weighted by atomic mass is 16.3. The zero-order valence-electron chi connectivity index (χ0n) is 10.7. The van der Waals surface area contributed by atoms with Crippen LogP contribution in [0.15, 0.2) is 30.6 Å². The van der Waals surface area contributed by atoms with Crippen molar-refractivity contribution in [2.75, 3.05) is 5.32 Å². The number of hydrogen-bond donors (Lipinski definition) is 3. The number of rotatable bonds is 3. The average molecular weight is 261 g/mol. The van der Waals surface area contributed by atoms with Gasteiger partial charge in [0, 0.05) is 23.9 Å². The van der Waals surface area contributed by atoms with Gasteiger partial charge in [0.2, 0.25) is 0 Å². The first-order valence-electron chi connectivity index (χ1n) is 5.84. The van der Waals surface area contributed by atoms with Crippen LogP contribution in [-0.2, 0) is 0 Å². The molecule has 2 aromatic rings. The van der Waals surface area contributed by atoms with Crippen molar-refractivity contribution in [3.05, 3.63) is 36.2 Å². The van der Waals surface area contributed by atoms with Gasteiger partial charge in [-0.25, -0.2) is 0 Å². The summed E-state index contributed by atoms with van der Waals surface area (Å²) >= 11 is 0. The molecule has 0 unspecified atom stereocenters. The molecular formula is C13H15N3O3. The predicted molar refractivity (Wildman–Crippen MR) is 70.3 cm³/mol. The van der Waals surface area contributed by atoms with Gasteiger partial charge in [-0.2, -0.15) is 5.10 Å². The van der Waals surface area contributed by atoms with E-state index >= 15 is 0 Å². The van der Waals surface area contributed by atoms with Crippen molar-refractivity contribution in [3.63, 3.8) is 0 Å². The summed E-state index contributed by atoms with van der Waals surface area (Å²) in [7, 11) is 0. The van der Waals surface area contributed by atoms with Crippen molar-refractivity contribution < 1.29 is 15.0 Å². The highest BCUT2D eigenvalue weighted by Crippen LogP contribution is 2.21. The van der Waals surface area contributed by atoms with Crippen LogP contribution in [0.4, 0.5) is 5.69 Å². The number of hydrogen-bond acceptors (Lipinski definition) is 4. The molecule has 1 amide bonds. The normalized spacial score (nSPS) is 10.7. The largest absolute Gasteiger partial charge is 0.508 e. The number of anilines is 1. The van der Waals surface area contributed by atoms with E-state index in [1.807, 2.05) is 13.8 Å². The minimum atomic E-state index is -0.422. The number of amides is 1. The Labute approximate surface area is 110 Å². The van der Waals surface area contributed by atoms with Gasteiger partial charge in [-0.3, -0.25) is 9.48 Å². The fraction of sp³-hybridized carbons (Fsp3) is 0.231. The minimum absolute atomic E-state index is 0.164. The summed E-state index contributed by atoms with van der Waals surface area (Å²) < 4.78 is 1.72. The lowest BCUT2D eigenvalue weighted by Crippen LogP contribution is -2.11. The number of aromatic hydroxyl groups is 2. The Morgan fingerprint density at radius 2 is 1.89 bits per heavy atom. The summed E-state index contributed by atoms with van der Waals surface area (Å²) in [5.41, 5.74) is 0.733. The molecule has 3 N–H and O–H groups in total. The second kappa shape index (κ2) is 5.01. The molecule has 0 saturated heterocycles. The van der Waals surface area contributed by atoms with Gasteiger partial charge >= 0.3 is 0 Å². The minimum Gasteiger partial charge on any atom is -0.508 e. The van der Waals surface area contributed by atoms with E-state index < -0.39 is 5.91 Å². The zero-order valence-corrected chi connectivity index (χ0v) is 10.7. The Morgan fingerprint density at radius 1 is 1.26 bits per heavy atom. The first kappa shape index (κ1) is 12.9. The van der Waals surface area contributed by atoms with Crippen LogP contribution in [0, 0.1) is 0 Å². The van der Waals surface area contributed by atoms with E-state index in [9.17, 15) is 15.0 Å². The number of aromatic nitrogens is 2. The number of carbonyl (C=O) groups is 1. The van der Waals surface area contributed by atoms with Crippen LogP contribution >= 0.6 is 0 Å². The second-order valence-electron chi connectivity index (χ2n) is 4.49. The Morgan fingerprint density at radius 3 is 2.42 bits per heavy atom. The summed E-state index contributed by atoms with van der Waals surface area (Å²) in [6.45, 7) is 3.96. The number of nitrogens with one attached hydrogen (secondary N) is 1. The molecule has 0 radical (unpaired) electrons. The summed E-state index contributed by atoms with van der Waals surface area (Å²) in [4.78, 5) is 11.9. The number of benzene rings is 1. The van der Waals surface area contributed by atoms with Crippen molar-refractivity contribution in [3.8, 4) is 11.5 Å². The van der Waals surface area contributed by atoms with Crippen molar-refractivity contribution in [2.24, 2.45) is 0 Å². The summed E-state index contributed by atoms with van der Waals surface area (Å²) in [6, 6.07) is 3.92. The van der Waals surface area contributed by atoms with Gasteiger partial charge in [0.05, 0.1) is 11.9 Å². The van der Waals surface area contributed by atoms with E-state index in [1.54, 1.807) is 17.1 Å². The molecule has 100 valence electrons. The van der Waals surface area contributed by atoms with Gasteiger partial charge in [-0.15, -0.1) is 0 Å². The van der Waals surface area contributed by atoms with Crippen LogP contribution in [0.2, 0.25) is 0 Å². The van der Waals surface area contributed by atoms with E-state index in [1.165, 1.54) is 12.1 Å². The molecule has 6 nitrogen and oxygen atoms in total. The van der Waals surface area contributed by atoms with Crippen molar-refractivity contribution in [2.45, 2.75) is 19.9 Å². The first-order chi connectivity index (χ1) is 8.95. The average Bonchev–Trinajstić information content (AvgIpc) is 2.76. The third-order valence-corrected chi connectivity index (χ3v) is 2.55. The van der Waals surface area contributed by atoms with E-state index in [-0.39, 0.29) is 23.1 Å². The van der Waals surface area contributed by atoms with Gasteiger partial charge in [0.25, 0.3) is 5.91 Å². The van der Waals surface area contributed by atoms with Gasteiger partial charge in [0.15, 0.2) is 0 Å². The van der Waals surface area contributed by atoms with Crippen molar-refractivity contribution in [1.29, 1.82) is 0 Å². The number of phenolic OH excluding ortho intramolecular Hbond substituents is 2. The zero-order chi connectivity index (χ0) is 14.0. The molecule has 19 heavy (non-hydrogen) atoms. The Balaban J connectivity index is 2.15. The third-order valence-electron chi connectivity index (χ3n) is 2.55. The number of phenols is 2. The molecule has 0 aliphatic carbocycles. The van der Waals surface area contributed by atoms with E-state index in [4.69, 9.17) is 0 Å². The lowest BCUT2D eigenvalue weighted by molar-refractivity contribution is 0.102. The summed E-state index contributed by atoms with van der Waals surface area (Å²) in [6.07, 6.45) is 3.26. The lowest BCUT2D eigenvalue weighted by Gasteiger charge is -2.05. The van der Waals surface area contributed by atoms with Gasteiger partial charge in [0.1, 0.15) is 11.5 Å². The predicted octanol–water partition coefficient (Wildman–Crippen LogP) is 2.13. The fourth-order valence-corrected chi connectivity index (χ4v) is 1.61. The summed E-state index contributed by atoms with van der Waals surface area (Å²) in [5.74, 6) is -0.749. The molecule has 1 aromatic heterocycles. The highest BCUT2D eigenvalue weighted by molar-refractivity contribution is 6.04. The summed E-state index contributed by atoms with van der Waals surface area (Å²) in [5, 5.41) is 25.4. The monoisotopic (exact) mass is 261 g/mol. The molecule has 0 bridgehead atoms. The van der Waals surface area contributed by atoms with E-state index in [0.29, 0.717) is 5.69 Å². The maximum atomic E-state index is 11.9. The molecule has 0 aliphatic heterocycles. The Bertz CT molecular complexity index is 585. The van der Waals surface area contributed by atoms with E-state index in [0.717, 1.165) is 6.07 Å². The third kappa shape index (κ3) is 3.04.